The van der Waals surface area contributed by atoms with Gasteiger partial charge in [0.2, 0.25) is 5.95 Å². The first-order valence-corrected chi connectivity index (χ1v) is 8.80. The lowest BCUT2D eigenvalue weighted by Crippen LogP contribution is -2.50. The number of carbonyl (C=O) groups excluding carboxylic acids is 1. The molecule has 3 rings (SSSR count). The van der Waals surface area contributed by atoms with E-state index >= 15 is 0 Å². The Morgan fingerprint density at radius 3 is 2.57 bits per heavy atom. The zero-order valence-electron chi connectivity index (χ0n) is 15.7. The predicted octanol–water partition coefficient (Wildman–Crippen LogP) is 1.94. The van der Waals surface area contributed by atoms with Gasteiger partial charge in [-0.2, -0.15) is 0 Å². The van der Waals surface area contributed by atoms with Gasteiger partial charge in [-0.15, -0.1) is 13.2 Å². The van der Waals surface area contributed by atoms with Gasteiger partial charge in [0.1, 0.15) is 17.6 Å². The van der Waals surface area contributed by atoms with Crippen LogP contribution in [0.15, 0.2) is 35.1 Å². The van der Waals surface area contributed by atoms with Crippen molar-refractivity contribution in [1.82, 2.24) is 15.3 Å². The molecule has 0 aliphatic carbocycles. The van der Waals surface area contributed by atoms with Crippen molar-refractivity contribution < 1.29 is 31.8 Å². The standard InChI is InChI=1S/C18H18F4N4O4/c1-29-9-14(10-2-4-12(5-3-10)30-18(20,21)22)23-16(28)13-6-15(27)25-17(24-13)26-7-11(19)8-26/h2-6,11,14H,7-9H2,1H3,(H,23,28)(H,24,25,27)/t14-/m1/s1. The Labute approximate surface area is 167 Å². The maximum absolute atomic E-state index is 13.1. The molecule has 1 aliphatic heterocycles. The van der Waals surface area contributed by atoms with Gasteiger partial charge >= 0.3 is 6.36 Å². The van der Waals surface area contributed by atoms with E-state index in [9.17, 15) is 27.2 Å². The van der Waals surface area contributed by atoms with E-state index in [1.165, 1.54) is 24.1 Å². The third-order valence-corrected chi connectivity index (χ3v) is 4.25. The first-order valence-electron chi connectivity index (χ1n) is 8.80. The lowest BCUT2D eigenvalue weighted by molar-refractivity contribution is -0.274. The quantitative estimate of drug-likeness (QED) is 0.652. The molecule has 162 valence electrons. The van der Waals surface area contributed by atoms with Crippen molar-refractivity contribution in [1.29, 1.82) is 0 Å². The minimum absolute atomic E-state index is 0.0108. The fourth-order valence-electron chi connectivity index (χ4n) is 2.83. The number of amides is 1. The van der Waals surface area contributed by atoms with Crippen LogP contribution in [-0.2, 0) is 4.74 Å². The molecule has 0 bridgehead atoms. The van der Waals surface area contributed by atoms with Crippen LogP contribution in [0.5, 0.6) is 5.75 Å². The first kappa shape index (κ1) is 21.6. The Balaban J connectivity index is 1.75. The number of ether oxygens (including phenoxy) is 2. The SMILES string of the molecule is COC[C@@H](NC(=O)c1cc(=O)[nH]c(N2CC(F)C2)n1)c1ccc(OC(F)(F)F)cc1. The van der Waals surface area contributed by atoms with Crippen LogP contribution in [0.4, 0.5) is 23.5 Å². The number of aromatic nitrogens is 2. The highest BCUT2D eigenvalue weighted by Gasteiger charge is 2.31. The number of anilines is 1. The molecule has 0 spiro atoms. The summed E-state index contributed by atoms with van der Waals surface area (Å²) in [4.78, 5) is 32.4. The molecule has 1 amide bonds. The van der Waals surface area contributed by atoms with Gasteiger partial charge in [-0.3, -0.25) is 14.6 Å². The van der Waals surface area contributed by atoms with E-state index in [2.05, 4.69) is 20.0 Å². The average molecular weight is 430 g/mol. The molecule has 0 unspecified atom stereocenters. The Hall–Kier alpha value is -3.15. The Kier molecular flexibility index (Phi) is 6.25. The average Bonchev–Trinajstić information content (AvgIpc) is 2.64. The molecule has 1 saturated heterocycles. The van der Waals surface area contributed by atoms with Crippen LogP contribution >= 0.6 is 0 Å². The molecule has 1 aliphatic rings. The minimum atomic E-state index is -4.82. The molecule has 0 radical (unpaired) electrons. The maximum atomic E-state index is 13.1. The number of H-pyrrole nitrogens is 1. The number of nitrogens with zero attached hydrogens (tertiary/aromatic N) is 2. The van der Waals surface area contributed by atoms with E-state index < -0.39 is 35.8 Å². The number of hydrogen-bond donors (Lipinski definition) is 2. The number of hydrogen-bond acceptors (Lipinski definition) is 6. The van der Waals surface area contributed by atoms with Crippen LogP contribution in [0.3, 0.4) is 0 Å². The van der Waals surface area contributed by atoms with Crippen molar-refractivity contribution >= 4 is 11.9 Å². The number of nitrogens with one attached hydrogen (secondary N) is 2. The number of benzene rings is 1. The molecular formula is C18H18F4N4O4. The van der Waals surface area contributed by atoms with E-state index in [1.807, 2.05) is 0 Å². The lowest BCUT2D eigenvalue weighted by atomic mass is 10.1. The molecule has 8 nitrogen and oxygen atoms in total. The lowest BCUT2D eigenvalue weighted by Gasteiger charge is -2.34. The van der Waals surface area contributed by atoms with Crippen molar-refractivity contribution in [3.8, 4) is 5.75 Å². The highest BCUT2D eigenvalue weighted by Crippen LogP contribution is 2.25. The van der Waals surface area contributed by atoms with E-state index in [0.29, 0.717) is 5.56 Å². The number of methoxy groups -OCH3 is 1. The van der Waals surface area contributed by atoms with E-state index in [1.54, 1.807) is 0 Å². The van der Waals surface area contributed by atoms with Crippen LogP contribution in [0, 0.1) is 0 Å². The van der Waals surface area contributed by atoms with Gasteiger partial charge in [0, 0.05) is 13.2 Å². The molecule has 1 aromatic carbocycles. The fraction of sp³-hybridized carbons (Fsp3) is 0.389. The number of rotatable bonds is 7. The van der Waals surface area contributed by atoms with Crippen LogP contribution in [0.2, 0.25) is 0 Å². The van der Waals surface area contributed by atoms with Crippen molar-refractivity contribution in [3.63, 3.8) is 0 Å². The topological polar surface area (TPSA) is 96.5 Å². The van der Waals surface area contributed by atoms with E-state index in [0.717, 1.165) is 18.2 Å². The molecular weight excluding hydrogens is 412 g/mol. The molecule has 1 fully saturated rings. The summed E-state index contributed by atoms with van der Waals surface area (Å²) in [5.74, 6) is -1.02. The summed E-state index contributed by atoms with van der Waals surface area (Å²) in [7, 11) is 1.39. The number of carbonyl (C=O) groups is 1. The number of halogens is 4. The normalized spacial score (nSPS) is 15.4. The fourth-order valence-corrected chi connectivity index (χ4v) is 2.83. The predicted molar refractivity (Wildman–Crippen MR) is 97.2 cm³/mol. The second-order valence-corrected chi connectivity index (χ2v) is 6.55. The highest BCUT2D eigenvalue weighted by atomic mass is 19.4. The zero-order valence-corrected chi connectivity index (χ0v) is 15.7. The maximum Gasteiger partial charge on any atom is 0.573 e. The van der Waals surface area contributed by atoms with Crippen molar-refractivity contribution in [3.05, 3.63) is 51.9 Å². The summed E-state index contributed by atoms with van der Waals surface area (Å²) in [6.07, 6.45) is -5.84. The Morgan fingerprint density at radius 2 is 2.00 bits per heavy atom. The Morgan fingerprint density at radius 1 is 1.33 bits per heavy atom. The largest absolute Gasteiger partial charge is 0.573 e. The minimum Gasteiger partial charge on any atom is -0.406 e. The summed E-state index contributed by atoms with van der Waals surface area (Å²) < 4.78 is 58.8. The van der Waals surface area contributed by atoms with Crippen LogP contribution < -0.4 is 20.5 Å². The molecule has 30 heavy (non-hydrogen) atoms. The van der Waals surface area contributed by atoms with Crippen molar-refractivity contribution in [2.24, 2.45) is 0 Å². The van der Waals surface area contributed by atoms with Gasteiger partial charge in [0.05, 0.1) is 25.7 Å². The molecule has 1 atom stereocenters. The van der Waals surface area contributed by atoms with Gasteiger partial charge in [-0.25, -0.2) is 9.37 Å². The van der Waals surface area contributed by atoms with Gasteiger partial charge in [0.25, 0.3) is 11.5 Å². The van der Waals surface area contributed by atoms with E-state index in [4.69, 9.17) is 4.74 Å². The molecule has 2 N–H and O–H groups in total. The summed E-state index contributed by atoms with van der Waals surface area (Å²) in [5, 5.41) is 2.62. The summed E-state index contributed by atoms with van der Waals surface area (Å²) >= 11 is 0. The van der Waals surface area contributed by atoms with Gasteiger partial charge < -0.3 is 19.7 Å². The molecule has 2 heterocycles. The van der Waals surface area contributed by atoms with Gasteiger partial charge in [-0.05, 0) is 17.7 Å². The van der Waals surface area contributed by atoms with E-state index in [-0.39, 0.29) is 31.3 Å². The van der Waals surface area contributed by atoms with Gasteiger partial charge in [-0.1, -0.05) is 12.1 Å². The van der Waals surface area contributed by atoms with Gasteiger partial charge in [0.15, 0.2) is 0 Å². The third-order valence-electron chi connectivity index (χ3n) is 4.25. The molecule has 12 heteroatoms. The molecule has 1 aromatic heterocycles. The van der Waals surface area contributed by atoms with Crippen LogP contribution in [-0.4, -0.2) is 55.2 Å². The Bertz CT molecular complexity index is 942. The summed E-state index contributed by atoms with van der Waals surface area (Å²) in [6.45, 7) is 0.135. The van der Waals surface area contributed by atoms with Crippen LogP contribution in [0.1, 0.15) is 22.1 Å². The second-order valence-electron chi connectivity index (χ2n) is 6.55. The first-order chi connectivity index (χ1) is 14.1. The number of alkyl halides is 4. The number of aromatic amines is 1. The highest BCUT2D eigenvalue weighted by molar-refractivity contribution is 5.92. The van der Waals surface area contributed by atoms with Crippen LogP contribution in [0.25, 0.3) is 0 Å². The molecule has 2 aromatic rings. The van der Waals surface area contributed by atoms with Crippen molar-refractivity contribution in [2.75, 3.05) is 31.7 Å². The summed E-state index contributed by atoms with van der Waals surface area (Å²) in [6, 6.07) is 5.19. The summed E-state index contributed by atoms with van der Waals surface area (Å²) in [5.41, 5.74) is -0.314. The smallest absolute Gasteiger partial charge is 0.406 e. The van der Waals surface area contributed by atoms with Crippen molar-refractivity contribution in [2.45, 2.75) is 18.6 Å². The molecule has 0 saturated carbocycles. The third kappa shape index (κ3) is 5.47. The monoisotopic (exact) mass is 430 g/mol. The zero-order chi connectivity index (χ0) is 21.9. The second kappa shape index (κ2) is 8.69.